The van der Waals surface area contributed by atoms with Gasteiger partial charge in [0.25, 0.3) is 0 Å². The molecule has 0 saturated heterocycles. The van der Waals surface area contributed by atoms with E-state index in [-0.39, 0.29) is 5.41 Å². The van der Waals surface area contributed by atoms with E-state index in [4.69, 9.17) is 0 Å². The average Bonchev–Trinajstić information content (AvgIpc) is 2.34. The maximum absolute atomic E-state index is 10.4. The van der Waals surface area contributed by atoms with Crippen molar-refractivity contribution in [2.75, 3.05) is 0 Å². The molecule has 0 N–H and O–H groups in total. The predicted octanol–water partition coefficient (Wildman–Crippen LogP) is 4.21. The maximum atomic E-state index is 10.4. The monoisotopic (exact) mass is 218 g/mol. The molecule has 0 saturated carbocycles. The number of hydrogen-bond acceptors (Lipinski definition) is 1. The molecule has 1 heteroatoms. The molecule has 0 bridgehead atoms. The van der Waals surface area contributed by atoms with Gasteiger partial charge in [-0.05, 0) is 18.9 Å². The topological polar surface area (TPSA) is 17.1 Å². The van der Waals surface area contributed by atoms with Gasteiger partial charge in [-0.2, -0.15) is 0 Å². The number of hydrogen-bond donors (Lipinski definition) is 0. The molecule has 1 aliphatic rings. The van der Waals surface area contributed by atoms with Crippen molar-refractivity contribution in [1.82, 2.24) is 0 Å². The van der Waals surface area contributed by atoms with Crippen molar-refractivity contribution < 1.29 is 4.79 Å². The fourth-order valence-electron chi connectivity index (χ4n) is 2.19. The second-order valence-electron chi connectivity index (χ2n) is 4.53. The number of unbranched alkanes of at least 4 members (excludes halogenated alkanes) is 3. The summed E-state index contributed by atoms with van der Waals surface area (Å²) in [5.41, 5.74) is 0.101. The van der Waals surface area contributed by atoms with Gasteiger partial charge in [0.1, 0.15) is 6.29 Å². The van der Waals surface area contributed by atoms with E-state index >= 15 is 0 Å². The molecule has 1 aliphatic carbocycles. The molecule has 0 spiro atoms. The quantitative estimate of drug-likeness (QED) is 0.355. The summed E-state index contributed by atoms with van der Waals surface area (Å²) in [5, 5.41) is 0. The van der Waals surface area contributed by atoms with Gasteiger partial charge in [0.15, 0.2) is 0 Å². The minimum absolute atomic E-state index is 0.101. The number of carbonyl (C=O) groups is 1. The normalized spacial score (nSPS) is 24.1. The zero-order valence-corrected chi connectivity index (χ0v) is 10.2. The van der Waals surface area contributed by atoms with Crippen LogP contribution in [-0.2, 0) is 4.79 Å². The average molecular weight is 218 g/mol. The first-order chi connectivity index (χ1) is 7.83. The molecule has 0 radical (unpaired) electrons. The molecule has 0 aromatic rings. The Balaban J connectivity index is 2.51. The van der Waals surface area contributed by atoms with E-state index in [1.165, 1.54) is 25.7 Å². The fourth-order valence-corrected chi connectivity index (χ4v) is 2.19. The fraction of sp³-hybridized carbons (Fsp3) is 0.533. The van der Waals surface area contributed by atoms with Gasteiger partial charge < -0.3 is 0 Å². The highest BCUT2D eigenvalue weighted by Gasteiger charge is 2.22. The number of carbonyl (C=O) groups excluding carboxylic acids is 1. The lowest BCUT2D eigenvalue weighted by Gasteiger charge is -2.27. The van der Waals surface area contributed by atoms with Crippen molar-refractivity contribution in [3.05, 3.63) is 36.5 Å². The Kier molecular flexibility index (Phi) is 5.84. The molecule has 0 unspecified atom stereocenters. The highest BCUT2D eigenvalue weighted by Crippen LogP contribution is 2.35. The van der Waals surface area contributed by atoms with Gasteiger partial charge in [-0.3, -0.25) is 4.79 Å². The minimum Gasteiger partial charge on any atom is -0.299 e. The van der Waals surface area contributed by atoms with Crippen LogP contribution in [0.3, 0.4) is 0 Å². The molecule has 0 aliphatic heterocycles. The van der Waals surface area contributed by atoms with E-state index in [0.29, 0.717) is 0 Å². The lowest BCUT2D eigenvalue weighted by molar-refractivity contribution is -0.104. The summed E-state index contributed by atoms with van der Waals surface area (Å²) in [5.74, 6) is 0. The first-order valence-electron chi connectivity index (χ1n) is 6.30. The number of aldehydes is 1. The molecule has 1 atom stereocenters. The SMILES string of the molecule is CCCCCC[C@]1(/C=C/C=O)C=CC=CC1. The Morgan fingerprint density at radius 3 is 2.75 bits per heavy atom. The first-order valence-corrected chi connectivity index (χ1v) is 6.30. The predicted molar refractivity (Wildman–Crippen MR) is 69.3 cm³/mol. The Labute approximate surface area is 98.9 Å². The van der Waals surface area contributed by atoms with Crippen LogP contribution in [-0.4, -0.2) is 6.29 Å². The van der Waals surface area contributed by atoms with Crippen LogP contribution in [0, 0.1) is 5.41 Å². The largest absolute Gasteiger partial charge is 0.299 e. The third-order valence-corrected chi connectivity index (χ3v) is 3.18. The van der Waals surface area contributed by atoms with E-state index in [9.17, 15) is 4.79 Å². The summed E-state index contributed by atoms with van der Waals surface area (Å²) in [6.45, 7) is 2.23. The van der Waals surface area contributed by atoms with E-state index < -0.39 is 0 Å². The Morgan fingerprint density at radius 2 is 2.12 bits per heavy atom. The third-order valence-electron chi connectivity index (χ3n) is 3.18. The van der Waals surface area contributed by atoms with Gasteiger partial charge in [-0.15, -0.1) is 0 Å². The zero-order valence-electron chi connectivity index (χ0n) is 10.2. The highest BCUT2D eigenvalue weighted by molar-refractivity contribution is 5.65. The smallest absolute Gasteiger partial charge is 0.142 e. The molecule has 1 rings (SSSR count). The van der Waals surface area contributed by atoms with Gasteiger partial charge in [-0.25, -0.2) is 0 Å². The van der Waals surface area contributed by atoms with Gasteiger partial charge in [0.2, 0.25) is 0 Å². The van der Waals surface area contributed by atoms with Crippen LogP contribution in [0.15, 0.2) is 36.5 Å². The standard InChI is InChI=1S/C15H22O/c1-2-3-4-6-10-15(13-9-14-16)11-7-5-8-12-15/h5,7-9,11,13-14H,2-4,6,10,12H2,1H3/b13-9+/t15-/m0/s1. The van der Waals surface area contributed by atoms with Crippen molar-refractivity contribution in [2.24, 2.45) is 5.41 Å². The van der Waals surface area contributed by atoms with E-state index in [1.54, 1.807) is 6.08 Å². The molecule has 0 aromatic heterocycles. The van der Waals surface area contributed by atoms with Gasteiger partial charge >= 0.3 is 0 Å². The van der Waals surface area contributed by atoms with Crippen molar-refractivity contribution >= 4 is 6.29 Å². The van der Waals surface area contributed by atoms with E-state index in [1.807, 2.05) is 0 Å². The molecule has 88 valence electrons. The molecule has 16 heavy (non-hydrogen) atoms. The minimum atomic E-state index is 0.101. The van der Waals surface area contributed by atoms with Crippen molar-refractivity contribution in [2.45, 2.75) is 45.4 Å². The number of allylic oxidation sites excluding steroid dienone is 6. The Morgan fingerprint density at radius 1 is 1.25 bits per heavy atom. The third kappa shape index (κ3) is 4.18. The first kappa shape index (κ1) is 13.0. The van der Waals surface area contributed by atoms with Gasteiger partial charge in [-0.1, -0.05) is 63.0 Å². The summed E-state index contributed by atoms with van der Waals surface area (Å²) in [6, 6.07) is 0. The molecular formula is C15H22O. The lowest BCUT2D eigenvalue weighted by atomic mass is 9.77. The van der Waals surface area contributed by atoms with Crippen molar-refractivity contribution in [1.29, 1.82) is 0 Å². The highest BCUT2D eigenvalue weighted by atomic mass is 16.1. The van der Waals surface area contributed by atoms with E-state index in [0.717, 1.165) is 19.1 Å². The second kappa shape index (κ2) is 7.21. The molecule has 0 heterocycles. The maximum Gasteiger partial charge on any atom is 0.142 e. The lowest BCUT2D eigenvalue weighted by Crippen LogP contribution is -2.15. The van der Waals surface area contributed by atoms with Crippen LogP contribution in [0.2, 0.25) is 0 Å². The van der Waals surface area contributed by atoms with Crippen LogP contribution in [0.4, 0.5) is 0 Å². The summed E-state index contributed by atoms with van der Waals surface area (Å²) < 4.78 is 0. The summed E-state index contributed by atoms with van der Waals surface area (Å²) in [4.78, 5) is 10.4. The van der Waals surface area contributed by atoms with Crippen molar-refractivity contribution in [3.63, 3.8) is 0 Å². The summed E-state index contributed by atoms with van der Waals surface area (Å²) in [7, 11) is 0. The Bertz CT molecular complexity index is 286. The van der Waals surface area contributed by atoms with Crippen LogP contribution >= 0.6 is 0 Å². The van der Waals surface area contributed by atoms with Crippen molar-refractivity contribution in [3.8, 4) is 0 Å². The second-order valence-corrected chi connectivity index (χ2v) is 4.53. The Hall–Kier alpha value is -1.11. The van der Waals surface area contributed by atoms with Crippen LogP contribution < -0.4 is 0 Å². The van der Waals surface area contributed by atoms with Crippen LogP contribution in [0.1, 0.15) is 45.4 Å². The summed E-state index contributed by atoms with van der Waals surface area (Å²) in [6.07, 6.45) is 20.5. The van der Waals surface area contributed by atoms with Crippen LogP contribution in [0.25, 0.3) is 0 Å². The van der Waals surface area contributed by atoms with Crippen LogP contribution in [0.5, 0.6) is 0 Å². The molecule has 0 fully saturated rings. The number of rotatable bonds is 7. The molecule has 0 amide bonds. The molecule has 0 aromatic carbocycles. The summed E-state index contributed by atoms with van der Waals surface area (Å²) >= 11 is 0. The molecule has 1 nitrogen and oxygen atoms in total. The van der Waals surface area contributed by atoms with Gasteiger partial charge in [0.05, 0.1) is 0 Å². The zero-order chi connectivity index (χ0) is 11.7. The van der Waals surface area contributed by atoms with E-state index in [2.05, 4.69) is 37.3 Å². The molecular weight excluding hydrogens is 196 g/mol. The van der Waals surface area contributed by atoms with Gasteiger partial charge in [0, 0.05) is 5.41 Å².